The molecule has 3 atom stereocenters. The zero-order valence-corrected chi connectivity index (χ0v) is 16.1. The molecule has 1 aliphatic carbocycles. The minimum Gasteiger partial charge on any atom is -0.441 e. The summed E-state index contributed by atoms with van der Waals surface area (Å²) in [5.74, 6) is 1.67. The van der Waals surface area contributed by atoms with Crippen LogP contribution in [0.3, 0.4) is 0 Å². The summed E-state index contributed by atoms with van der Waals surface area (Å²) < 4.78 is 5.62. The van der Waals surface area contributed by atoms with Crippen LogP contribution in [-0.4, -0.2) is 22.0 Å². The molecule has 0 unspecified atom stereocenters. The molecule has 0 aliphatic heterocycles. The number of aromatic nitrogens is 1. The molecule has 0 radical (unpaired) electrons. The molecular weight excluding hydrogens is 348 g/mol. The number of benzene rings is 1. The maximum Gasteiger partial charge on any atom is 0.238 e. The number of fused-ring (bicyclic) bond motifs is 1. The van der Waals surface area contributed by atoms with Gasteiger partial charge in [-0.2, -0.15) is 0 Å². The van der Waals surface area contributed by atoms with Crippen LogP contribution in [0.2, 0.25) is 0 Å². The molecule has 0 saturated heterocycles. The van der Waals surface area contributed by atoms with Crippen molar-refractivity contribution in [3.8, 4) is 0 Å². The van der Waals surface area contributed by atoms with Crippen molar-refractivity contribution in [3.05, 3.63) is 30.2 Å². The van der Waals surface area contributed by atoms with E-state index in [4.69, 9.17) is 16.6 Å². The second-order valence-corrected chi connectivity index (χ2v) is 7.50. The predicted molar refractivity (Wildman–Crippen MR) is 105 cm³/mol. The van der Waals surface area contributed by atoms with Crippen LogP contribution in [0, 0.1) is 11.8 Å². The minimum atomic E-state index is -0.151. The Morgan fingerprint density at radius 3 is 2.88 bits per heavy atom. The molecule has 26 heavy (non-hydrogen) atoms. The Bertz CT molecular complexity index is 743. The van der Waals surface area contributed by atoms with E-state index in [1.165, 1.54) is 12.8 Å². The molecule has 1 aromatic heterocycles. The van der Waals surface area contributed by atoms with E-state index in [-0.39, 0.29) is 12.3 Å². The number of rotatable bonds is 4. The van der Waals surface area contributed by atoms with Crippen molar-refractivity contribution >= 4 is 34.3 Å². The monoisotopic (exact) mass is 374 g/mol. The molecule has 2 aromatic rings. The van der Waals surface area contributed by atoms with Crippen LogP contribution in [-0.2, 0) is 11.2 Å². The minimum absolute atomic E-state index is 0.151. The van der Waals surface area contributed by atoms with Crippen LogP contribution in [0.4, 0.5) is 0 Å². The lowest BCUT2D eigenvalue weighted by Gasteiger charge is -2.35. The summed E-state index contributed by atoms with van der Waals surface area (Å²) in [5, 5.41) is 3.78. The fraction of sp³-hybridized carbons (Fsp3) is 0.526. The highest BCUT2D eigenvalue weighted by atomic mass is 32.1. The van der Waals surface area contributed by atoms with Crippen molar-refractivity contribution in [1.82, 2.24) is 21.2 Å². The standard InChI is InChI=1S/C19H26N4O2S/c1-12-6-5-8-14(13(12)2)21-19(26)23-22-17(24)10-11-18-20-15-7-3-4-9-16(15)25-18/h3-4,7,9,12-14H,5-6,8,10-11H2,1-2H3,(H,22,24)(H2,21,23,26)/t12-,13-,14+/m1/s1. The van der Waals surface area contributed by atoms with Gasteiger partial charge < -0.3 is 9.73 Å². The second-order valence-electron chi connectivity index (χ2n) is 7.10. The Morgan fingerprint density at radius 1 is 1.27 bits per heavy atom. The number of hydrogen-bond acceptors (Lipinski definition) is 4. The molecule has 1 saturated carbocycles. The van der Waals surface area contributed by atoms with Crippen molar-refractivity contribution in [2.45, 2.75) is 52.0 Å². The topological polar surface area (TPSA) is 79.2 Å². The summed E-state index contributed by atoms with van der Waals surface area (Å²) in [6, 6.07) is 7.92. The molecule has 1 aliphatic rings. The normalized spacial score (nSPS) is 22.8. The molecule has 7 heteroatoms. The van der Waals surface area contributed by atoms with Crippen LogP contribution in [0.15, 0.2) is 28.7 Å². The Hall–Kier alpha value is -2.15. The molecule has 1 aromatic carbocycles. The average Bonchev–Trinajstić information content (AvgIpc) is 3.05. The third-order valence-electron chi connectivity index (χ3n) is 5.24. The van der Waals surface area contributed by atoms with Gasteiger partial charge in [0.15, 0.2) is 16.6 Å². The smallest absolute Gasteiger partial charge is 0.238 e. The molecule has 1 heterocycles. The number of nitrogens with zero attached hydrogens (tertiary/aromatic N) is 1. The van der Waals surface area contributed by atoms with Gasteiger partial charge >= 0.3 is 0 Å². The fourth-order valence-electron chi connectivity index (χ4n) is 3.43. The molecular formula is C19H26N4O2S. The van der Waals surface area contributed by atoms with E-state index >= 15 is 0 Å². The highest BCUT2D eigenvalue weighted by Gasteiger charge is 2.27. The first-order valence-corrected chi connectivity index (χ1v) is 9.63. The highest BCUT2D eigenvalue weighted by molar-refractivity contribution is 7.80. The van der Waals surface area contributed by atoms with E-state index in [0.717, 1.165) is 17.5 Å². The van der Waals surface area contributed by atoms with Crippen molar-refractivity contribution in [3.63, 3.8) is 0 Å². The number of carbonyl (C=O) groups is 1. The van der Waals surface area contributed by atoms with E-state index in [1.54, 1.807) is 0 Å². The number of hydrazine groups is 1. The number of nitrogens with one attached hydrogen (secondary N) is 3. The molecule has 3 N–H and O–H groups in total. The van der Waals surface area contributed by atoms with Crippen LogP contribution in [0.25, 0.3) is 11.1 Å². The number of para-hydroxylation sites is 2. The summed E-state index contributed by atoms with van der Waals surface area (Å²) in [4.78, 5) is 16.4. The number of thiocarbonyl (C=S) groups is 1. The van der Waals surface area contributed by atoms with Crippen LogP contribution < -0.4 is 16.2 Å². The molecule has 0 spiro atoms. The predicted octanol–water partition coefficient (Wildman–Crippen LogP) is 3.08. The third-order valence-corrected chi connectivity index (χ3v) is 5.46. The zero-order chi connectivity index (χ0) is 18.5. The van der Waals surface area contributed by atoms with Gasteiger partial charge in [0.1, 0.15) is 5.52 Å². The zero-order valence-electron chi connectivity index (χ0n) is 15.2. The van der Waals surface area contributed by atoms with Crippen molar-refractivity contribution in [2.75, 3.05) is 0 Å². The van der Waals surface area contributed by atoms with Gasteiger partial charge in [0.05, 0.1) is 0 Å². The summed E-state index contributed by atoms with van der Waals surface area (Å²) >= 11 is 5.30. The highest BCUT2D eigenvalue weighted by Crippen LogP contribution is 2.29. The molecule has 3 rings (SSSR count). The van der Waals surface area contributed by atoms with Gasteiger partial charge in [-0.1, -0.05) is 38.8 Å². The van der Waals surface area contributed by atoms with Gasteiger partial charge in [-0.05, 0) is 42.6 Å². The SMILES string of the molecule is C[C@@H]1[C@H](C)CCC[C@@H]1NC(=S)NNC(=O)CCc1nc2ccccc2o1. The summed E-state index contributed by atoms with van der Waals surface area (Å²) in [6.07, 6.45) is 4.31. The van der Waals surface area contributed by atoms with Gasteiger partial charge in [0, 0.05) is 18.9 Å². The van der Waals surface area contributed by atoms with E-state index in [2.05, 4.69) is 35.0 Å². The lowest BCUT2D eigenvalue weighted by Crippen LogP contribution is -2.52. The number of aryl methyl sites for hydroxylation is 1. The van der Waals surface area contributed by atoms with Gasteiger partial charge in [0.25, 0.3) is 0 Å². The van der Waals surface area contributed by atoms with Crippen LogP contribution in [0.1, 0.15) is 45.4 Å². The number of hydrogen-bond donors (Lipinski definition) is 3. The van der Waals surface area contributed by atoms with E-state index in [1.807, 2.05) is 24.3 Å². The van der Waals surface area contributed by atoms with Gasteiger partial charge in [0.2, 0.25) is 5.91 Å². The summed E-state index contributed by atoms with van der Waals surface area (Å²) in [6.45, 7) is 4.53. The molecule has 1 fully saturated rings. The van der Waals surface area contributed by atoms with Gasteiger partial charge in [-0.15, -0.1) is 0 Å². The largest absolute Gasteiger partial charge is 0.441 e. The Morgan fingerprint density at radius 2 is 2.08 bits per heavy atom. The first kappa shape index (κ1) is 18.6. The van der Waals surface area contributed by atoms with Crippen molar-refractivity contribution < 1.29 is 9.21 Å². The Balaban J connectivity index is 1.40. The molecule has 0 bridgehead atoms. The maximum atomic E-state index is 12.0. The lowest BCUT2D eigenvalue weighted by molar-refractivity contribution is -0.121. The Labute approximate surface area is 159 Å². The van der Waals surface area contributed by atoms with E-state index < -0.39 is 0 Å². The third kappa shape index (κ3) is 4.72. The fourth-order valence-corrected chi connectivity index (χ4v) is 3.63. The second kappa shape index (κ2) is 8.49. The van der Waals surface area contributed by atoms with Gasteiger partial charge in [-0.25, -0.2) is 4.98 Å². The number of amides is 1. The first-order chi connectivity index (χ1) is 12.5. The quantitative estimate of drug-likeness (QED) is 0.564. The first-order valence-electron chi connectivity index (χ1n) is 9.22. The number of carbonyl (C=O) groups excluding carboxylic acids is 1. The lowest BCUT2D eigenvalue weighted by atomic mass is 9.78. The average molecular weight is 375 g/mol. The van der Waals surface area contributed by atoms with Crippen molar-refractivity contribution in [2.24, 2.45) is 11.8 Å². The number of oxazole rings is 1. The van der Waals surface area contributed by atoms with Crippen LogP contribution >= 0.6 is 12.2 Å². The van der Waals surface area contributed by atoms with E-state index in [9.17, 15) is 4.79 Å². The molecule has 1 amide bonds. The summed E-state index contributed by atoms with van der Waals surface area (Å²) in [7, 11) is 0. The summed E-state index contributed by atoms with van der Waals surface area (Å²) in [5.41, 5.74) is 6.98. The van der Waals surface area contributed by atoms with Crippen LogP contribution in [0.5, 0.6) is 0 Å². The maximum absolute atomic E-state index is 12.0. The molecule has 140 valence electrons. The molecule has 6 nitrogen and oxygen atoms in total. The van der Waals surface area contributed by atoms with Gasteiger partial charge in [-0.3, -0.25) is 15.6 Å². The van der Waals surface area contributed by atoms with Crippen molar-refractivity contribution in [1.29, 1.82) is 0 Å². The Kier molecular flexibility index (Phi) is 6.08. The van der Waals surface area contributed by atoms with E-state index in [0.29, 0.717) is 35.3 Å².